The lowest BCUT2D eigenvalue weighted by Gasteiger charge is -2.26. The SMILES string of the molecule is CC(N)Cc1[nH]nc2ccc3c(c12)CC(OCCO)CO3. The number of rotatable bonds is 5. The number of aromatic nitrogens is 2. The molecule has 2 unspecified atom stereocenters. The molecule has 0 radical (unpaired) electrons. The number of nitrogens with two attached hydrogens (primary N) is 1. The number of aromatic amines is 1. The molecule has 0 amide bonds. The van der Waals surface area contributed by atoms with Crippen LogP contribution in [0.25, 0.3) is 10.9 Å². The summed E-state index contributed by atoms with van der Waals surface area (Å²) in [6.07, 6.45) is 1.47. The second-order valence-electron chi connectivity index (χ2n) is 5.55. The summed E-state index contributed by atoms with van der Waals surface area (Å²) in [7, 11) is 0. The smallest absolute Gasteiger partial charge is 0.123 e. The first-order valence-corrected chi connectivity index (χ1v) is 7.28. The molecule has 21 heavy (non-hydrogen) atoms. The summed E-state index contributed by atoms with van der Waals surface area (Å²) < 4.78 is 11.4. The predicted octanol–water partition coefficient (Wildman–Crippen LogP) is 0.765. The number of ether oxygens (including phenoxy) is 2. The first-order chi connectivity index (χ1) is 10.2. The molecule has 0 spiro atoms. The van der Waals surface area contributed by atoms with E-state index in [1.807, 2.05) is 19.1 Å². The van der Waals surface area contributed by atoms with Crippen molar-refractivity contribution in [3.8, 4) is 5.75 Å². The lowest BCUT2D eigenvalue weighted by atomic mass is 9.97. The molecule has 1 aromatic carbocycles. The quantitative estimate of drug-likeness (QED) is 0.756. The van der Waals surface area contributed by atoms with Gasteiger partial charge in [-0.15, -0.1) is 0 Å². The molecule has 0 saturated heterocycles. The van der Waals surface area contributed by atoms with Crippen LogP contribution in [-0.4, -0.2) is 47.3 Å². The van der Waals surface area contributed by atoms with Gasteiger partial charge in [0, 0.05) is 35.5 Å². The number of benzene rings is 1. The largest absolute Gasteiger partial charge is 0.491 e. The van der Waals surface area contributed by atoms with E-state index in [1.54, 1.807) is 0 Å². The molecule has 1 aromatic heterocycles. The second-order valence-corrected chi connectivity index (χ2v) is 5.55. The number of hydrogen-bond acceptors (Lipinski definition) is 5. The number of aliphatic hydroxyl groups is 1. The highest BCUT2D eigenvalue weighted by atomic mass is 16.5. The topological polar surface area (TPSA) is 93.4 Å². The highest BCUT2D eigenvalue weighted by Crippen LogP contribution is 2.34. The summed E-state index contributed by atoms with van der Waals surface area (Å²) in [5.41, 5.74) is 9.00. The highest BCUT2D eigenvalue weighted by molar-refractivity contribution is 5.87. The fourth-order valence-corrected chi connectivity index (χ4v) is 2.83. The maximum absolute atomic E-state index is 8.88. The third kappa shape index (κ3) is 2.88. The molecule has 6 nitrogen and oxygen atoms in total. The highest BCUT2D eigenvalue weighted by Gasteiger charge is 2.24. The molecule has 1 aliphatic rings. The Bertz CT molecular complexity index is 624. The van der Waals surface area contributed by atoms with Crippen molar-refractivity contribution in [2.45, 2.75) is 31.9 Å². The molecule has 1 aliphatic heterocycles. The van der Waals surface area contributed by atoms with Gasteiger partial charge in [-0.2, -0.15) is 5.10 Å². The van der Waals surface area contributed by atoms with Gasteiger partial charge in [0.1, 0.15) is 12.4 Å². The molecule has 2 heterocycles. The van der Waals surface area contributed by atoms with Gasteiger partial charge in [-0.25, -0.2) is 0 Å². The molecular formula is C15H21N3O3. The van der Waals surface area contributed by atoms with Crippen LogP contribution in [0.3, 0.4) is 0 Å². The molecule has 2 atom stereocenters. The van der Waals surface area contributed by atoms with Gasteiger partial charge in [0.2, 0.25) is 0 Å². The molecule has 114 valence electrons. The van der Waals surface area contributed by atoms with Crippen molar-refractivity contribution in [3.05, 3.63) is 23.4 Å². The fraction of sp³-hybridized carbons (Fsp3) is 0.533. The van der Waals surface area contributed by atoms with Crippen LogP contribution in [0, 0.1) is 0 Å². The van der Waals surface area contributed by atoms with Crippen LogP contribution in [0.1, 0.15) is 18.2 Å². The zero-order valence-electron chi connectivity index (χ0n) is 12.1. The lowest BCUT2D eigenvalue weighted by Crippen LogP contribution is -2.30. The number of nitrogens with zero attached hydrogens (tertiary/aromatic N) is 1. The number of nitrogens with one attached hydrogen (secondary N) is 1. The zero-order chi connectivity index (χ0) is 14.8. The van der Waals surface area contributed by atoms with E-state index in [-0.39, 0.29) is 18.8 Å². The summed E-state index contributed by atoms with van der Waals surface area (Å²) in [4.78, 5) is 0. The van der Waals surface area contributed by atoms with Crippen molar-refractivity contribution < 1.29 is 14.6 Å². The molecule has 0 saturated carbocycles. The summed E-state index contributed by atoms with van der Waals surface area (Å²) in [6.45, 7) is 2.84. The average Bonchev–Trinajstić information content (AvgIpc) is 2.87. The molecule has 3 rings (SSSR count). The number of aliphatic hydroxyl groups excluding tert-OH is 1. The molecule has 0 aliphatic carbocycles. The number of hydrogen-bond donors (Lipinski definition) is 3. The van der Waals surface area contributed by atoms with Crippen molar-refractivity contribution in [2.75, 3.05) is 19.8 Å². The van der Waals surface area contributed by atoms with Gasteiger partial charge in [-0.05, 0) is 19.1 Å². The van der Waals surface area contributed by atoms with E-state index in [0.717, 1.165) is 40.8 Å². The first-order valence-electron chi connectivity index (χ1n) is 7.28. The van der Waals surface area contributed by atoms with E-state index in [4.69, 9.17) is 20.3 Å². The average molecular weight is 291 g/mol. The van der Waals surface area contributed by atoms with E-state index in [2.05, 4.69) is 10.2 Å². The summed E-state index contributed by atoms with van der Waals surface area (Å²) in [5.74, 6) is 0.888. The van der Waals surface area contributed by atoms with Crippen molar-refractivity contribution >= 4 is 10.9 Å². The van der Waals surface area contributed by atoms with Crippen molar-refractivity contribution in [1.82, 2.24) is 10.2 Å². The Hall–Kier alpha value is -1.63. The lowest BCUT2D eigenvalue weighted by molar-refractivity contribution is -0.00434. The van der Waals surface area contributed by atoms with Crippen molar-refractivity contribution in [1.29, 1.82) is 0 Å². The van der Waals surface area contributed by atoms with E-state index in [9.17, 15) is 0 Å². The minimum Gasteiger partial charge on any atom is -0.491 e. The van der Waals surface area contributed by atoms with E-state index >= 15 is 0 Å². The van der Waals surface area contributed by atoms with Crippen LogP contribution in [0.5, 0.6) is 5.75 Å². The van der Waals surface area contributed by atoms with Gasteiger partial charge in [0.25, 0.3) is 0 Å². The van der Waals surface area contributed by atoms with Crippen molar-refractivity contribution in [2.24, 2.45) is 5.73 Å². The molecule has 0 bridgehead atoms. The minimum atomic E-state index is -0.0340. The van der Waals surface area contributed by atoms with Gasteiger partial charge in [-0.1, -0.05) is 0 Å². The van der Waals surface area contributed by atoms with E-state index in [1.165, 1.54) is 0 Å². The standard InChI is InChI=1S/C15H21N3O3/c1-9(16)6-13-15-11-7-10(20-5-4-19)8-21-14(11)3-2-12(15)17-18-13/h2-3,9-10,19H,4-8,16H2,1H3,(H,17,18). The van der Waals surface area contributed by atoms with E-state index < -0.39 is 0 Å². The summed E-state index contributed by atoms with van der Waals surface area (Å²) >= 11 is 0. The Balaban J connectivity index is 1.96. The maximum Gasteiger partial charge on any atom is 0.123 e. The molecule has 4 N–H and O–H groups in total. The number of H-pyrrole nitrogens is 1. The Morgan fingerprint density at radius 3 is 3.19 bits per heavy atom. The van der Waals surface area contributed by atoms with Crippen LogP contribution in [-0.2, 0) is 17.6 Å². The van der Waals surface area contributed by atoms with Crippen LogP contribution >= 0.6 is 0 Å². The Kier molecular flexibility index (Phi) is 4.10. The number of fused-ring (bicyclic) bond motifs is 3. The summed E-state index contributed by atoms with van der Waals surface area (Å²) in [5, 5.41) is 17.4. The molecule has 6 heteroatoms. The predicted molar refractivity (Wildman–Crippen MR) is 79.5 cm³/mol. The molecule has 0 fully saturated rings. The monoisotopic (exact) mass is 291 g/mol. The maximum atomic E-state index is 8.88. The summed E-state index contributed by atoms with van der Waals surface area (Å²) in [6, 6.07) is 3.98. The van der Waals surface area contributed by atoms with Gasteiger partial charge in [0.05, 0.1) is 24.8 Å². The van der Waals surface area contributed by atoms with Crippen LogP contribution < -0.4 is 10.5 Å². The molecule has 2 aromatic rings. The van der Waals surface area contributed by atoms with Gasteiger partial charge < -0.3 is 20.3 Å². The Labute approximate surface area is 123 Å². The third-order valence-electron chi connectivity index (χ3n) is 3.69. The first kappa shape index (κ1) is 14.3. The van der Waals surface area contributed by atoms with Gasteiger partial charge in [0.15, 0.2) is 0 Å². The van der Waals surface area contributed by atoms with Crippen molar-refractivity contribution in [3.63, 3.8) is 0 Å². The Morgan fingerprint density at radius 1 is 1.57 bits per heavy atom. The minimum absolute atomic E-state index is 0.0230. The Morgan fingerprint density at radius 2 is 2.43 bits per heavy atom. The zero-order valence-corrected chi connectivity index (χ0v) is 12.1. The van der Waals surface area contributed by atoms with Crippen LogP contribution in [0.2, 0.25) is 0 Å². The van der Waals surface area contributed by atoms with Gasteiger partial charge >= 0.3 is 0 Å². The van der Waals surface area contributed by atoms with Gasteiger partial charge in [-0.3, -0.25) is 5.10 Å². The van der Waals surface area contributed by atoms with Crippen LogP contribution in [0.4, 0.5) is 0 Å². The van der Waals surface area contributed by atoms with E-state index in [0.29, 0.717) is 13.2 Å². The second kappa shape index (κ2) is 6.01. The third-order valence-corrected chi connectivity index (χ3v) is 3.69. The molecular weight excluding hydrogens is 270 g/mol. The van der Waals surface area contributed by atoms with Crippen LogP contribution in [0.15, 0.2) is 12.1 Å². The normalized spacial score (nSPS) is 19.3. The fourth-order valence-electron chi connectivity index (χ4n) is 2.83.